The molecule has 0 radical (unpaired) electrons. The van der Waals surface area contributed by atoms with Gasteiger partial charge in [-0.05, 0) is 19.1 Å². The molecule has 4 N–H and O–H groups in total. The van der Waals surface area contributed by atoms with Crippen molar-refractivity contribution in [2.45, 2.75) is 11.8 Å². The van der Waals surface area contributed by atoms with Gasteiger partial charge in [0.05, 0.1) is 11.6 Å². The summed E-state index contributed by atoms with van der Waals surface area (Å²) in [7, 11) is 0. The van der Waals surface area contributed by atoms with E-state index in [-0.39, 0.29) is 18.6 Å². The van der Waals surface area contributed by atoms with Crippen molar-refractivity contribution >= 4 is 17.4 Å². The second-order valence-corrected chi connectivity index (χ2v) is 3.58. The van der Waals surface area contributed by atoms with Crippen LogP contribution in [0.2, 0.25) is 0 Å². The average molecular weight is 219 g/mol. The van der Waals surface area contributed by atoms with Crippen LogP contribution in [-0.4, -0.2) is 12.4 Å². The summed E-state index contributed by atoms with van der Waals surface area (Å²) in [6, 6.07) is 8.59. The van der Waals surface area contributed by atoms with Crippen LogP contribution in [0.5, 0.6) is 0 Å². The van der Waals surface area contributed by atoms with Gasteiger partial charge < -0.3 is 23.5 Å². The van der Waals surface area contributed by atoms with Crippen LogP contribution >= 0.6 is 11.8 Å². The van der Waals surface area contributed by atoms with Gasteiger partial charge in [-0.1, -0.05) is 12.1 Å². The fourth-order valence-electron chi connectivity index (χ4n) is 1.32. The Morgan fingerprint density at radius 3 is 2.77 bits per heavy atom. The number of para-hydroxylation sites is 1. The largest absolute Gasteiger partial charge is 1.00 e. The van der Waals surface area contributed by atoms with Gasteiger partial charge in [0.1, 0.15) is 0 Å². The van der Waals surface area contributed by atoms with Gasteiger partial charge in [0.15, 0.2) is 0 Å². The molecule has 2 rings (SSSR count). The van der Waals surface area contributed by atoms with E-state index in [2.05, 4.69) is 36.1 Å². The molecule has 0 unspecified atom stereocenters. The molecule has 1 aromatic carbocycles. The standard InChI is InChI=1S/C9H11NS.ClH.H3N/c1-2-10-7-11-9-6-4-3-5-8(9)10;;/h3-6H,2,7H2,1H3;1H;1H3. The SMILES string of the molecule is CCN1CSc2ccccc21.[Cl-].[NH4+]. The fraction of sp³-hybridized carbons (Fsp3) is 0.333. The molecule has 1 aromatic rings. The number of nitrogens with zero attached hydrogens (tertiary/aromatic N) is 1. The summed E-state index contributed by atoms with van der Waals surface area (Å²) in [5.41, 5.74) is 1.40. The van der Waals surface area contributed by atoms with E-state index in [1.54, 1.807) is 0 Å². The van der Waals surface area contributed by atoms with E-state index in [0.29, 0.717) is 0 Å². The van der Waals surface area contributed by atoms with Crippen LogP contribution in [0.4, 0.5) is 5.69 Å². The predicted octanol–water partition coefficient (Wildman–Crippen LogP) is -0.0437. The zero-order valence-electron chi connectivity index (χ0n) is 7.96. The molecule has 13 heavy (non-hydrogen) atoms. The molecule has 0 saturated heterocycles. The molecule has 0 spiro atoms. The summed E-state index contributed by atoms with van der Waals surface area (Å²) in [5.74, 6) is 1.12. The van der Waals surface area contributed by atoms with Gasteiger partial charge >= 0.3 is 0 Å². The van der Waals surface area contributed by atoms with Crippen molar-refractivity contribution < 1.29 is 12.4 Å². The monoisotopic (exact) mass is 218 g/mol. The molecule has 0 aliphatic carbocycles. The van der Waals surface area contributed by atoms with Crippen LogP contribution < -0.4 is 23.5 Å². The lowest BCUT2D eigenvalue weighted by Gasteiger charge is -2.14. The van der Waals surface area contributed by atoms with E-state index in [1.165, 1.54) is 10.6 Å². The van der Waals surface area contributed by atoms with E-state index in [4.69, 9.17) is 0 Å². The van der Waals surface area contributed by atoms with Gasteiger partial charge in [-0.3, -0.25) is 0 Å². The van der Waals surface area contributed by atoms with E-state index < -0.39 is 0 Å². The van der Waals surface area contributed by atoms with Crippen molar-refractivity contribution in [3.8, 4) is 0 Å². The predicted molar refractivity (Wildman–Crippen MR) is 56.2 cm³/mol. The lowest BCUT2D eigenvalue weighted by molar-refractivity contribution is -0.00000265. The number of rotatable bonds is 1. The maximum Gasteiger partial charge on any atom is 0.0686 e. The molecule has 1 aliphatic heterocycles. The average Bonchev–Trinajstić information content (AvgIpc) is 2.47. The van der Waals surface area contributed by atoms with Crippen molar-refractivity contribution in [2.75, 3.05) is 17.3 Å². The quantitative estimate of drug-likeness (QED) is 0.719. The number of halogens is 1. The van der Waals surface area contributed by atoms with Crippen molar-refractivity contribution in [1.82, 2.24) is 6.15 Å². The Morgan fingerprint density at radius 1 is 1.38 bits per heavy atom. The zero-order valence-corrected chi connectivity index (χ0v) is 9.53. The van der Waals surface area contributed by atoms with Gasteiger partial charge in [-0.25, -0.2) is 0 Å². The Morgan fingerprint density at radius 2 is 2.08 bits per heavy atom. The first-order chi connectivity index (χ1) is 5.42. The highest BCUT2D eigenvalue weighted by Crippen LogP contribution is 2.37. The van der Waals surface area contributed by atoms with Gasteiger partial charge in [0.2, 0.25) is 0 Å². The lowest BCUT2D eigenvalue weighted by Crippen LogP contribution is -3.00. The van der Waals surface area contributed by atoms with Crippen molar-refractivity contribution in [1.29, 1.82) is 0 Å². The van der Waals surface area contributed by atoms with Crippen LogP contribution in [0.3, 0.4) is 0 Å². The summed E-state index contributed by atoms with van der Waals surface area (Å²) >= 11 is 1.93. The number of quaternary nitrogens is 1. The smallest absolute Gasteiger partial charge is 0.0686 e. The van der Waals surface area contributed by atoms with Crippen LogP contribution in [0.15, 0.2) is 29.2 Å². The molecular weight excluding hydrogens is 204 g/mol. The number of hydrogen-bond donors (Lipinski definition) is 1. The van der Waals surface area contributed by atoms with Gasteiger partial charge in [-0.15, -0.1) is 11.8 Å². The Hall–Kier alpha value is -0.380. The topological polar surface area (TPSA) is 39.7 Å². The highest BCUT2D eigenvalue weighted by molar-refractivity contribution is 7.99. The third-order valence-corrected chi connectivity index (χ3v) is 3.06. The first-order valence-electron chi connectivity index (χ1n) is 3.88. The van der Waals surface area contributed by atoms with Gasteiger partial charge in [-0.2, -0.15) is 0 Å². The van der Waals surface area contributed by atoms with E-state index in [0.717, 1.165) is 12.4 Å². The molecule has 0 fully saturated rings. The molecule has 2 nitrogen and oxygen atoms in total. The number of hydrogen-bond acceptors (Lipinski definition) is 2. The van der Waals surface area contributed by atoms with Crippen molar-refractivity contribution in [3.05, 3.63) is 24.3 Å². The van der Waals surface area contributed by atoms with E-state index >= 15 is 0 Å². The number of fused-ring (bicyclic) bond motifs is 1. The minimum absolute atomic E-state index is 0. The molecular formula is C9H15ClN2S. The van der Waals surface area contributed by atoms with E-state index in [1.807, 2.05) is 11.8 Å². The van der Waals surface area contributed by atoms with Gasteiger partial charge in [0, 0.05) is 11.4 Å². The summed E-state index contributed by atoms with van der Waals surface area (Å²) in [4.78, 5) is 3.81. The van der Waals surface area contributed by atoms with Crippen LogP contribution in [-0.2, 0) is 0 Å². The van der Waals surface area contributed by atoms with Crippen molar-refractivity contribution in [3.63, 3.8) is 0 Å². The summed E-state index contributed by atoms with van der Waals surface area (Å²) in [6.45, 7) is 3.31. The van der Waals surface area contributed by atoms with Crippen LogP contribution in [0.25, 0.3) is 0 Å². The second-order valence-electron chi connectivity index (χ2n) is 2.60. The third kappa shape index (κ3) is 2.30. The Kier molecular flexibility index (Phi) is 5.21. The molecule has 74 valence electrons. The summed E-state index contributed by atoms with van der Waals surface area (Å²) < 4.78 is 0. The highest BCUT2D eigenvalue weighted by atomic mass is 35.5. The Balaban J connectivity index is 0.000000720. The number of benzene rings is 1. The lowest BCUT2D eigenvalue weighted by atomic mass is 10.3. The van der Waals surface area contributed by atoms with Crippen LogP contribution in [0, 0.1) is 0 Å². The molecule has 1 aliphatic rings. The molecule has 0 aromatic heterocycles. The summed E-state index contributed by atoms with van der Waals surface area (Å²) in [6.07, 6.45) is 0. The first kappa shape index (κ1) is 12.6. The molecule has 1 heterocycles. The van der Waals surface area contributed by atoms with Crippen molar-refractivity contribution in [2.24, 2.45) is 0 Å². The minimum atomic E-state index is 0. The normalized spacial score (nSPS) is 12.8. The Labute approximate surface area is 89.7 Å². The second kappa shape index (κ2) is 5.37. The molecule has 0 saturated carbocycles. The number of thioether (sulfide) groups is 1. The maximum atomic E-state index is 2.39. The Bertz CT molecular complexity index is 268. The summed E-state index contributed by atoms with van der Waals surface area (Å²) in [5, 5.41) is 0. The van der Waals surface area contributed by atoms with Crippen LogP contribution in [0.1, 0.15) is 6.92 Å². The minimum Gasteiger partial charge on any atom is -1.00 e. The fourth-order valence-corrected chi connectivity index (χ4v) is 2.46. The van der Waals surface area contributed by atoms with Gasteiger partial charge in [0.25, 0.3) is 0 Å². The van der Waals surface area contributed by atoms with E-state index in [9.17, 15) is 0 Å². The first-order valence-corrected chi connectivity index (χ1v) is 4.87. The maximum absolute atomic E-state index is 2.39. The molecule has 4 heteroatoms. The molecule has 0 atom stereocenters. The highest BCUT2D eigenvalue weighted by Gasteiger charge is 2.16. The molecule has 0 bridgehead atoms. The molecule has 0 amide bonds. The number of anilines is 1. The zero-order chi connectivity index (χ0) is 7.68. The third-order valence-electron chi connectivity index (χ3n) is 1.96.